The Labute approximate surface area is 120 Å². The van der Waals surface area contributed by atoms with E-state index >= 15 is 0 Å². The van der Waals surface area contributed by atoms with Gasteiger partial charge in [0.25, 0.3) is 5.56 Å². The zero-order chi connectivity index (χ0) is 14.8. The van der Waals surface area contributed by atoms with Crippen LogP contribution in [0.3, 0.4) is 0 Å². The molecule has 5 heteroatoms. The number of esters is 1. The number of hydrogen-bond donors (Lipinski definition) is 1. The second kappa shape index (κ2) is 5.28. The summed E-state index contributed by atoms with van der Waals surface area (Å²) in [4.78, 5) is 23.3. The van der Waals surface area contributed by atoms with Crippen LogP contribution >= 0.6 is 0 Å². The maximum Gasteiger partial charge on any atom is 0.338 e. The van der Waals surface area contributed by atoms with Crippen molar-refractivity contribution in [3.8, 4) is 11.3 Å². The third-order valence-corrected chi connectivity index (χ3v) is 3.19. The van der Waals surface area contributed by atoms with E-state index in [0.717, 1.165) is 16.8 Å². The molecule has 0 unspecified atom stereocenters. The third kappa shape index (κ3) is 2.45. The quantitative estimate of drug-likeness (QED) is 0.751. The van der Waals surface area contributed by atoms with E-state index in [9.17, 15) is 9.59 Å². The van der Waals surface area contributed by atoms with Crippen LogP contribution in [0.1, 0.15) is 17.3 Å². The summed E-state index contributed by atoms with van der Waals surface area (Å²) in [5.74, 6) is -0.354. The second-order valence-electron chi connectivity index (χ2n) is 4.59. The number of carbonyl (C=O) groups is 1. The Morgan fingerprint density at radius 2 is 2.00 bits per heavy atom. The number of aromatic nitrogens is 2. The molecule has 3 aromatic rings. The molecule has 0 aliphatic heterocycles. The second-order valence-corrected chi connectivity index (χ2v) is 4.59. The zero-order valence-electron chi connectivity index (χ0n) is 11.5. The molecule has 0 radical (unpaired) electrons. The molecule has 5 nitrogen and oxygen atoms in total. The molecule has 0 atom stereocenters. The van der Waals surface area contributed by atoms with Gasteiger partial charge in [0, 0.05) is 11.6 Å². The molecule has 0 saturated carbocycles. The summed E-state index contributed by atoms with van der Waals surface area (Å²) in [5.41, 5.74) is 2.74. The molecule has 0 aliphatic rings. The summed E-state index contributed by atoms with van der Waals surface area (Å²) in [7, 11) is 0. The number of nitrogens with zero attached hydrogens (tertiary/aromatic N) is 1. The van der Waals surface area contributed by atoms with Crippen molar-refractivity contribution in [1.82, 2.24) is 9.61 Å². The lowest BCUT2D eigenvalue weighted by Crippen LogP contribution is -2.05. The fourth-order valence-electron chi connectivity index (χ4n) is 2.29. The molecule has 0 spiro atoms. The fraction of sp³-hybridized carbons (Fsp3) is 0.125. The first-order valence-electron chi connectivity index (χ1n) is 6.67. The largest absolute Gasteiger partial charge is 0.462 e. The predicted octanol–water partition coefficient (Wildman–Crippen LogP) is 2.47. The number of benzene rings is 1. The molecule has 1 aromatic carbocycles. The van der Waals surface area contributed by atoms with Crippen molar-refractivity contribution in [2.24, 2.45) is 0 Å². The average Bonchev–Trinajstić information content (AvgIpc) is 2.87. The van der Waals surface area contributed by atoms with Crippen LogP contribution < -0.4 is 5.56 Å². The number of ether oxygens (including phenoxy) is 1. The van der Waals surface area contributed by atoms with Crippen molar-refractivity contribution in [1.29, 1.82) is 0 Å². The van der Waals surface area contributed by atoms with Crippen molar-refractivity contribution >= 4 is 11.5 Å². The lowest BCUT2D eigenvalue weighted by Gasteiger charge is -2.07. The summed E-state index contributed by atoms with van der Waals surface area (Å²) in [6.07, 6.45) is 0. The number of fused-ring (bicyclic) bond motifs is 1. The van der Waals surface area contributed by atoms with Gasteiger partial charge in [-0.05, 0) is 31.2 Å². The van der Waals surface area contributed by atoms with Gasteiger partial charge < -0.3 is 4.74 Å². The normalized spacial score (nSPS) is 10.7. The minimum Gasteiger partial charge on any atom is -0.462 e. The van der Waals surface area contributed by atoms with Crippen molar-refractivity contribution in [2.45, 2.75) is 6.92 Å². The standard InChI is InChI=1S/C16H14N2O3/c1-2-21-16(20)12-6-3-5-11(9-12)14-8-4-7-13-10-15(19)17-18(13)14/h3-10H,2H2,1H3,(H,17,19). The van der Waals surface area contributed by atoms with Gasteiger partial charge in [0.2, 0.25) is 0 Å². The summed E-state index contributed by atoms with van der Waals surface area (Å²) in [5, 5.41) is 2.74. The first kappa shape index (κ1) is 13.2. The third-order valence-electron chi connectivity index (χ3n) is 3.19. The van der Waals surface area contributed by atoms with E-state index in [0.29, 0.717) is 12.2 Å². The minimum absolute atomic E-state index is 0.163. The number of carbonyl (C=O) groups excluding carboxylic acids is 1. The predicted molar refractivity (Wildman–Crippen MR) is 79.4 cm³/mol. The van der Waals surface area contributed by atoms with Gasteiger partial charge >= 0.3 is 5.97 Å². The van der Waals surface area contributed by atoms with Crippen LogP contribution in [0, 0.1) is 0 Å². The van der Waals surface area contributed by atoms with Crippen LogP contribution in [0.5, 0.6) is 0 Å². The van der Waals surface area contributed by atoms with Crippen LogP contribution in [0.15, 0.2) is 53.3 Å². The highest BCUT2D eigenvalue weighted by molar-refractivity contribution is 5.91. The number of pyridine rings is 1. The maximum absolute atomic E-state index is 11.8. The molecule has 21 heavy (non-hydrogen) atoms. The Kier molecular flexibility index (Phi) is 3.31. The van der Waals surface area contributed by atoms with Gasteiger partial charge in [-0.1, -0.05) is 18.2 Å². The number of aromatic amines is 1. The average molecular weight is 282 g/mol. The lowest BCUT2D eigenvalue weighted by molar-refractivity contribution is 0.0526. The Morgan fingerprint density at radius 1 is 1.19 bits per heavy atom. The van der Waals surface area contributed by atoms with Gasteiger partial charge in [-0.3, -0.25) is 14.4 Å². The summed E-state index contributed by atoms with van der Waals surface area (Å²) >= 11 is 0. The van der Waals surface area contributed by atoms with E-state index in [-0.39, 0.29) is 11.5 Å². The summed E-state index contributed by atoms with van der Waals surface area (Å²) < 4.78 is 6.71. The molecule has 0 saturated heterocycles. The molecule has 3 rings (SSSR count). The van der Waals surface area contributed by atoms with Gasteiger partial charge in [0.15, 0.2) is 0 Å². The van der Waals surface area contributed by atoms with Gasteiger partial charge in [-0.2, -0.15) is 0 Å². The number of H-pyrrole nitrogens is 1. The van der Waals surface area contributed by atoms with Gasteiger partial charge in [0.1, 0.15) is 0 Å². The Morgan fingerprint density at radius 3 is 2.81 bits per heavy atom. The molecule has 1 N–H and O–H groups in total. The molecule has 0 amide bonds. The van der Waals surface area contributed by atoms with E-state index in [1.807, 2.05) is 24.3 Å². The minimum atomic E-state index is -0.354. The van der Waals surface area contributed by atoms with Crippen molar-refractivity contribution in [2.75, 3.05) is 6.61 Å². The van der Waals surface area contributed by atoms with Crippen LogP contribution in [0.2, 0.25) is 0 Å². The van der Waals surface area contributed by atoms with Crippen LogP contribution in [-0.4, -0.2) is 22.2 Å². The highest BCUT2D eigenvalue weighted by atomic mass is 16.5. The molecule has 0 bridgehead atoms. The molecule has 106 valence electrons. The van der Waals surface area contributed by atoms with Crippen LogP contribution in [0.4, 0.5) is 0 Å². The summed E-state index contributed by atoms with van der Waals surface area (Å²) in [6, 6.07) is 14.3. The first-order valence-corrected chi connectivity index (χ1v) is 6.67. The summed E-state index contributed by atoms with van der Waals surface area (Å²) in [6.45, 7) is 2.11. The van der Waals surface area contributed by atoms with Gasteiger partial charge in [-0.15, -0.1) is 0 Å². The van der Waals surface area contributed by atoms with Crippen molar-refractivity contribution in [3.05, 3.63) is 64.4 Å². The Balaban J connectivity index is 2.12. The molecule has 2 heterocycles. The fourth-order valence-corrected chi connectivity index (χ4v) is 2.29. The Bertz CT molecular complexity index is 861. The zero-order valence-corrected chi connectivity index (χ0v) is 11.5. The van der Waals surface area contributed by atoms with E-state index in [1.165, 1.54) is 6.07 Å². The Hall–Kier alpha value is -2.82. The molecule has 2 aromatic heterocycles. The lowest BCUT2D eigenvalue weighted by atomic mass is 10.1. The first-order chi connectivity index (χ1) is 10.2. The topological polar surface area (TPSA) is 63.6 Å². The number of nitrogens with one attached hydrogen (secondary N) is 1. The highest BCUT2D eigenvalue weighted by Gasteiger charge is 2.10. The molecular weight excluding hydrogens is 268 g/mol. The highest BCUT2D eigenvalue weighted by Crippen LogP contribution is 2.21. The van der Waals surface area contributed by atoms with Crippen LogP contribution in [-0.2, 0) is 4.74 Å². The van der Waals surface area contributed by atoms with E-state index < -0.39 is 0 Å². The van der Waals surface area contributed by atoms with Crippen molar-refractivity contribution < 1.29 is 9.53 Å². The SMILES string of the molecule is CCOC(=O)c1cccc(-c2cccc3cc(=O)[nH]n23)c1. The van der Waals surface area contributed by atoms with Crippen molar-refractivity contribution in [3.63, 3.8) is 0 Å². The molecular formula is C16H14N2O3. The number of rotatable bonds is 3. The maximum atomic E-state index is 11.8. The van der Waals surface area contributed by atoms with E-state index in [4.69, 9.17) is 4.74 Å². The number of hydrogen-bond acceptors (Lipinski definition) is 3. The van der Waals surface area contributed by atoms with E-state index in [2.05, 4.69) is 5.10 Å². The van der Waals surface area contributed by atoms with E-state index in [1.54, 1.807) is 29.6 Å². The molecule has 0 fully saturated rings. The smallest absolute Gasteiger partial charge is 0.338 e. The molecule has 0 aliphatic carbocycles. The van der Waals surface area contributed by atoms with Gasteiger partial charge in [-0.25, -0.2) is 4.79 Å². The van der Waals surface area contributed by atoms with Crippen LogP contribution in [0.25, 0.3) is 16.8 Å². The van der Waals surface area contributed by atoms with Gasteiger partial charge in [0.05, 0.1) is 23.4 Å². The monoisotopic (exact) mass is 282 g/mol.